The van der Waals surface area contributed by atoms with Crippen molar-refractivity contribution in [3.63, 3.8) is 0 Å². The molecule has 94 valence electrons. The van der Waals surface area contributed by atoms with E-state index in [4.69, 9.17) is 0 Å². The fourth-order valence-electron chi connectivity index (χ4n) is 1.65. The highest BCUT2D eigenvalue weighted by atomic mass is 15.2. The van der Waals surface area contributed by atoms with Gasteiger partial charge in [-0.25, -0.2) is 0 Å². The predicted octanol–water partition coefficient (Wildman–Crippen LogP) is 2.39. The second-order valence-electron chi connectivity index (χ2n) is 4.78. The fraction of sp³-hybridized carbons (Fsp3) is 0.923. The summed E-state index contributed by atoms with van der Waals surface area (Å²) < 4.78 is 0. The summed E-state index contributed by atoms with van der Waals surface area (Å²) in [6.45, 7) is 10.5. The molecule has 0 amide bonds. The van der Waals surface area contributed by atoms with Crippen LogP contribution in [0.25, 0.3) is 0 Å². The Bertz CT molecular complexity index is 222. The van der Waals surface area contributed by atoms with Crippen molar-refractivity contribution in [3.8, 4) is 6.07 Å². The van der Waals surface area contributed by atoms with Gasteiger partial charge in [0.15, 0.2) is 0 Å². The van der Waals surface area contributed by atoms with Gasteiger partial charge in [-0.1, -0.05) is 20.3 Å². The van der Waals surface area contributed by atoms with E-state index in [0.29, 0.717) is 6.04 Å². The quantitative estimate of drug-likeness (QED) is 0.689. The molecule has 16 heavy (non-hydrogen) atoms. The maximum atomic E-state index is 9.17. The molecule has 0 aromatic heterocycles. The molecule has 0 saturated heterocycles. The summed E-state index contributed by atoms with van der Waals surface area (Å²) in [5.41, 5.74) is -0.433. The summed E-state index contributed by atoms with van der Waals surface area (Å²) in [4.78, 5) is 2.42. The highest BCUT2D eigenvalue weighted by molar-refractivity contribution is 5.05. The first-order chi connectivity index (χ1) is 7.52. The maximum Gasteiger partial charge on any atom is 0.116 e. The number of hydrogen-bond acceptors (Lipinski definition) is 3. The van der Waals surface area contributed by atoms with Crippen LogP contribution in [-0.4, -0.2) is 36.6 Å². The molecule has 0 rings (SSSR count). The van der Waals surface area contributed by atoms with Crippen LogP contribution in [0.3, 0.4) is 0 Å². The van der Waals surface area contributed by atoms with Crippen LogP contribution in [0.2, 0.25) is 0 Å². The van der Waals surface area contributed by atoms with Crippen LogP contribution in [-0.2, 0) is 0 Å². The van der Waals surface area contributed by atoms with Gasteiger partial charge in [0, 0.05) is 12.6 Å². The van der Waals surface area contributed by atoms with Gasteiger partial charge in [0.2, 0.25) is 0 Å². The van der Waals surface area contributed by atoms with Crippen molar-refractivity contribution in [2.24, 2.45) is 0 Å². The minimum Gasteiger partial charge on any atom is -0.302 e. The fourth-order valence-corrected chi connectivity index (χ4v) is 1.65. The van der Waals surface area contributed by atoms with Crippen LogP contribution in [0.1, 0.15) is 47.0 Å². The third-order valence-corrected chi connectivity index (χ3v) is 3.33. The van der Waals surface area contributed by atoms with E-state index in [-0.39, 0.29) is 0 Å². The minimum atomic E-state index is -0.433. The second kappa shape index (κ2) is 7.65. The number of likely N-dealkylation sites (N-methyl/N-ethyl adjacent to an activating group) is 1. The van der Waals surface area contributed by atoms with Crippen LogP contribution in [0.15, 0.2) is 0 Å². The van der Waals surface area contributed by atoms with Crippen LogP contribution in [0, 0.1) is 11.3 Å². The Balaban J connectivity index is 4.47. The zero-order valence-corrected chi connectivity index (χ0v) is 11.5. The average molecular weight is 225 g/mol. The number of nitriles is 1. The highest BCUT2D eigenvalue weighted by Crippen LogP contribution is 2.11. The normalized spacial score (nSPS) is 16.8. The van der Waals surface area contributed by atoms with Crippen LogP contribution in [0.5, 0.6) is 0 Å². The van der Waals surface area contributed by atoms with E-state index in [1.54, 1.807) is 0 Å². The van der Waals surface area contributed by atoms with E-state index in [1.165, 1.54) is 12.8 Å². The Hall–Kier alpha value is -0.590. The zero-order chi connectivity index (χ0) is 12.6. The summed E-state index contributed by atoms with van der Waals surface area (Å²) in [6.07, 6.45) is 3.54. The molecule has 0 bridgehead atoms. The lowest BCUT2D eigenvalue weighted by Crippen LogP contribution is -2.51. The second-order valence-corrected chi connectivity index (χ2v) is 4.78. The SMILES string of the molecule is CCCCN(CC(C)(C#N)NC)C(C)CC. The van der Waals surface area contributed by atoms with Crippen molar-refractivity contribution in [3.05, 3.63) is 0 Å². The number of hydrogen-bond donors (Lipinski definition) is 1. The van der Waals surface area contributed by atoms with E-state index < -0.39 is 5.54 Å². The molecule has 0 aliphatic heterocycles. The van der Waals surface area contributed by atoms with Crippen molar-refractivity contribution >= 4 is 0 Å². The molecule has 0 saturated carbocycles. The molecular weight excluding hydrogens is 198 g/mol. The van der Waals surface area contributed by atoms with E-state index in [0.717, 1.165) is 19.5 Å². The Morgan fingerprint density at radius 3 is 2.44 bits per heavy atom. The molecule has 2 unspecified atom stereocenters. The minimum absolute atomic E-state index is 0.433. The van der Waals surface area contributed by atoms with Crippen LogP contribution in [0.4, 0.5) is 0 Å². The third-order valence-electron chi connectivity index (χ3n) is 3.33. The summed E-state index contributed by atoms with van der Waals surface area (Å²) >= 11 is 0. The first-order valence-electron chi connectivity index (χ1n) is 6.37. The summed E-state index contributed by atoms with van der Waals surface area (Å²) in [7, 11) is 1.86. The van der Waals surface area contributed by atoms with Gasteiger partial charge in [0.1, 0.15) is 5.54 Å². The van der Waals surface area contributed by atoms with Crippen molar-refractivity contribution in [2.45, 2.75) is 58.5 Å². The van der Waals surface area contributed by atoms with E-state index in [9.17, 15) is 5.26 Å². The van der Waals surface area contributed by atoms with Crippen molar-refractivity contribution in [1.29, 1.82) is 5.26 Å². The van der Waals surface area contributed by atoms with E-state index >= 15 is 0 Å². The molecule has 0 spiro atoms. The molecule has 0 heterocycles. The number of nitrogens with zero attached hydrogens (tertiary/aromatic N) is 2. The highest BCUT2D eigenvalue weighted by Gasteiger charge is 2.26. The molecule has 0 fully saturated rings. The molecule has 0 aliphatic carbocycles. The Kier molecular flexibility index (Phi) is 7.36. The van der Waals surface area contributed by atoms with Gasteiger partial charge in [0.05, 0.1) is 6.07 Å². The molecular formula is C13H27N3. The lowest BCUT2D eigenvalue weighted by atomic mass is 10.0. The number of rotatable bonds is 8. The smallest absolute Gasteiger partial charge is 0.116 e. The monoisotopic (exact) mass is 225 g/mol. The van der Waals surface area contributed by atoms with Gasteiger partial charge in [-0.05, 0) is 40.3 Å². The lowest BCUT2D eigenvalue weighted by Gasteiger charge is -2.34. The Labute approximate surface area is 101 Å². The molecule has 1 N–H and O–H groups in total. The van der Waals surface area contributed by atoms with Gasteiger partial charge in [0.25, 0.3) is 0 Å². The topological polar surface area (TPSA) is 39.1 Å². The molecule has 3 heteroatoms. The predicted molar refractivity (Wildman–Crippen MR) is 69.3 cm³/mol. The Morgan fingerprint density at radius 1 is 1.44 bits per heavy atom. The van der Waals surface area contributed by atoms with Crippen molar-refractivity contribution < 1.29 is 0 Å². The van der Waals surface area contributed by atoms with Crippen molar-refractivity contribution in [1.82, 2.24) is 10.2 Å². The van der Waals surface area contributed by atoms with Gasteiger partial charge in [-0.3, -0.25) is 4.90 Å². The van der Waals surface area contributed by atoms with E-state index in [2.05, 4.69) is 37.1 Å². The standard InChI is InChI=1S/C13H27N3/c1-6-8-9-16(12(3)7-2)11-13(4,10-14)15-5/h12,15H,6-9,11H2,1-5H3. The van der Waals surface area contributed by atoms with E-state index in [1.807, 2.05) is 14.0 Å². The molecule has 0 aromatic carbocycles. The third kappa shape index (κ3) is 4.96. The molecule has 0 radical (unpaired) electrons. The van der Waals surface area contributed by atoms with Gasteiger partial charge in [-0.2, -0.15) is 5.26 Å². The molecule has 0 aliphatic rings. The first-order valence-corrected chi connectivity index (χ1v) is 6.37. The summed E-state index contributed by atoms with van der Waals surface area (Å²) in [5.74, 6) is 0. The van der Waals surface area contributed by atoms with Crippen LogP contribution >= 0.6 is 0 Å². The number of unbranched alkanes of at least 4 members (excludes halogenated alkanes) is 1. The average Bonchev–Trinajstić information content (AvgIpc) is 2.33. The zero-order valence-electron chi connectivity index (χ0n) is 11.5. The largest absolute Gasteiger partial charge is 0.302 e. The number of nitrogens with one attached hydrogen (secondary N) is 1. The van der Waals surface area contributed by atoms with Gasteiger partial charge >= 0.3 is 0 Å². The van der Waals surface area contributed by atoms with Crippen LogP contribution < -0.4 is 5.32 Å². The summed E-state index contributed by atoms with van der Waals surface area (Å²) in [6, 6.07) is 2.91. The first kappa shape index (κ1) is 15.4. The molecule has 0 aromatic rings. The maximum absolute atomic E-state index is 9.17. The molecule has 2 atom stereocenters. The van der Waals surface area contributed by atoms with Gasteiger partial charge in [-0.15, -0.1) is 0 Å². The lowest BCUT2D eigenvalue weighted by molar-refractivity contribution is 0.167. The molecule has 3 nitrogen and oxygen atoms in total. The van der Waals surface area contributed by atoms with Crippen molar-refractivity contribution in [2.75, 3.05) is 20.1 Å². The summed E-state index contributed by atoms with van der Waals surface area (Å²) in [5, 5.41) is 12.3. The van der Waals surface area contributed by atoms with Gasteiger partial charge < -0.3 is 5.32 Å². The Morgan fingerprint density at radius 2 is 2.06 bits per heavy atom.